The molecule has 0 aliphatic heterocycles. The number of nitro groups is 1. The van der Waals surface area contributed by atoms with E-state index in [2.05, 4.69) is 4.74 Å². The lowest BCUT2D eigenvalue weighted by atomic mass is 10.2. The summed E-state index contributed by atoms with van der Waals surface area (Å²) in [6.45, 7) is -3.39. The van der Waals surface area contributed by atoms with Crippen LogP contribution in [0.15, 0.2) is 17.0 Å². The molecule has 1 rings (SSSR count). The van der Waals surface area contributed by atoms with Gasteiger partial charge in [0.05, 0.1) is 10.5 Å². The molecule has 104 valence electrons. The van der Waals surface area contributed by atoms with E-state index in [-0.39, 0.29) is 6.29 Å². The van der Waals surface area contributed by atoms with Crippen LogP contribution in [0.4, 0.5) is 14.5 Å². The van der Waals surface area contributed by atoms with Gasteiger partial charge in [0.15, 0.2) is 6.29 Å². The summed E-state index contributed by atoms with van der Waals surface area (Å²) in [5.41, 5.74) is -1.51. The molecule has 0 bridgehead atoms. The highest BCUT2D eigenvalue weighted by atomic mass is 32.2. The highest BCUT2D eigenvalue weighted by molar-refractivity contribution is 7.89. The number of hydrogen-bond acceptors (Lipinski definition) is 6. The summed E-state index contributed by atoms with van der Waals surface area (Å²) in [4.78, 5) is 19.2. The summed E-state index contributed by atoms with van der Waals surface area (Å²) >= 11 is 0. The molecule has 0 unspecified atom stereocenters. The van der Waals surface area contributed by atoms with Crippen molar-refractivity contribution < 1.29 is 31.7 Å². The van der Waals surface area contributed by atoms with E-state index in [0.717, 1.165) is 0 Å². The van der Waals surface area contributed by atoms with E-state index in [1.165, 1.54) is 0 Å². The Balaban J connectivity index is 3.62. The topological polar surface area (TPSA) is 130 Å². The number of carbonyl (C=O) groups excluding carboxylic acids is 1. The minimum atomic E-state index is -4.54. The van der Waals surface area contributed by atoms with Gasteiger partial charge >= 0.3 is 6.61 Å². The molecule has 19 heavy (non-hydrogen) atoms. The summed E-state index contributed by atoms with van der Waals surface area (Å²) in [5, 5.41) is 15.3. The Morgan fingerprint density at radius 3 is 2.37 bits per heavy atom. The lowest BCUT2D eigenvalue weighted by Gasteiger charge is -2.09. The largest absolute Gasteiger partial charge is 0.433 e. The second kappa shape index (κ2) is 5.24. The van der Waals surface area contributed by atoms with Crippen molar-refractivity contribution >= 4 is 22.0 Å². The monoisotopic (exact) mass is 296 g/mol. The first-order valence-corrected chi connectivity index (χ1v) is 5.96. The fourth-order valence-corrected chi connectivity index (χ4v) is 1.89. The molecule has 1 aromatic carbocycles. The fourth-order valence-electron chi connectivity index (χ4n) is 1.23. The van der Waals surface area contributed by atoms with Crippen LogP contribution in [0, 0.1) is 10.1 Å². The van der Waals surface area contributed by atoms with Crippen LogP contribution in [0.25, 0.3) is 0 Å². The molecule has 0 saturated carbocycles. The Labute approximate surface area is 105 Å². The van der Waals surface area contributed by atoms with Crippen LogP contribution in [0.1, 0.15) is 10.4 Å². The highest BCUT2D eigenvalue weighted by Crippen LogP contribution is 2.31. The predicted molar refractivity (Wildman–Crippen MR) is 56.5 cm³/mol. The number of ether oxygens (including phenoxy) is 1. The first-order chi connectivity index (χ1) is 8.66. The van der Waals surface area contributed by atoms with Crippen LogP contribution in [0.5, 0.6) is 5.75 Å². The Hall–Kier alpha value is -2.14. The second-order valence-electron chi connectivity index (χ2n) is 3.16. The lowest BCUT2D eigenvalue weighted by Crippen LogP contribution is -2.16. The first kappa shape index (κ1) is 14.9. The van der Waals surface area contributed by atoms with E-state index in [0.29, 0.717) is 12.1 Å². The summed E-state index contributed by atoms with van der Waals surface area (Å²) in [6, 6.07) is 0.897. The zero-order valence-electron chi connectivity index (χ0n) is 8.95. The molecule has 0 aliphatic carbocycles. The van der Waals surface area contributed by atoms with Crippen molar-refractivity contribution in [2.24, 2.45) is 5.14 Å². The highest BCUT2D eigenvalue weighted by Gasteiger charge is 2.25. The quantitative estimate of drug-likeness (QED) is 0.482. The van der Waals surface area contributed by atoms with Crippen LogP contribution in [-0.4, -0.2) is 26.2 Å². The average molecular weight is 296 g/mol. The number of sulfonamides is 1. The summed E-state index contributed by atoms with van der Waals surface area (Å²) in [7, 11) is -4.54. The summed E-state index contributed by atoms with van der Waals surface area (Å²) in [5.74, 6) is -0.940. The molecule has 0 saturated heterocycles. The smallest absolute Gasteiger partial charge is 0.387 e. The molecule has 0 aromatic heterocycles. The molecule has 0 fully saturated rings. The Bertz CT molecular complexity index is 630. The van der Waals surface area contributed by atoms with Crippen LogP contribution in [0.2, 0.25) is 0 Å². The van der Waals surface area contributed by atoms with Gasteiger partial charge in [-0.1, -0.05) is 0 Å². The number of nitro benzene ring substituents is 1. The number of benzene rings is 1. The van der Waals surface area contributed by atoms with Crippen LogP contribution in [-0.2, 0) is 10.0 Å². The maximum Gasteiger partial charge on any atom is 0.387 e. The first-order valence-electron chi connectivity index (χ1n) is 4.42. The zero-order valence-corrected chi connectivity index (χ0v) is 9.76. The van der Waals surface area contributed by atoms with Gasteiger partial charge in [-0.2, -0.15) is 8.78 Å². The third-order valence-electron chi connectivity index (χ3n) is 1.94. The number of primary sulfonamides is 1. The number of aldehydes is 1. The van der Waals surface area contributed by atoms with Crippen molar-refractivity contribution in [3.8, 4) is 5.75 Å². The molecule has 0 aliphatic rings. The van der Waals surface area contributed by atoms with Crippen molar-refractivity contribution in [2.45, 2.75) is 11.5 Å². The van der Waals surface area contributed by atoms with Crippen molar-refractivity contribution in [3.63, 3.8) is 0 Å². The number of alkyl halides is 2. The third-order valence-corrected chi connectivity index (χ3v) is 2.87. The van der Waals surface area contributed by atoms with Gasteiger partial charge in [0.1, 0.15) is 10.6 Å². The van der Waals surface area contributed by atoms with Crippen LogP contribution in [0.3, 0.4) is 0 Å². The maximum absolute atomic E-state index is 12.1. The van der Waals surface area contributed by atoms with Crippen molar-refractivity contribution in [1.29, 1.82) is 0 Å². The molecule has 2 N–H and O–H groups in total. The number of halogens is 2. The third kappa shape index (κ3) is 3.42. The molecular formula is C8H6F2N2O6S. The lowest BCUT2D eigenvalue weighted by molar-refractivity contribution is -0.385. The van der Waals surface area contributed by atoms with Crippen molar-refractivity contribution in [2.75, 3.05) is 0 Å². The van der Waals surface area contributed by atoms with E-state index in [4.69, 9.17) is 5.14 Å². The number of hydrogen-bond donors (Lipinski definition) is 1. The molecule has 1 aromatic rings. The number of nitrogens with two attached hydrogens (primary N) is 1. The Morgan fingerprint density at radius 1 is 1.42 bits per heavy atom. The van der Waals surface area contributed by atoms with Crippen LogP contribution < -0.4 is 9.88 Å². The van der Waals surface area contributed by atoms with E-state index in [1.807, 2.05) is 0 Å². The molecule has 0 amide bonds. The molecule has 0 spiro atoms. The SMILES string of the molecule is NS(=O)(=O)c1cc([N+](=O)[O-])c(C=O)cc1OC(F)F. The maximum atomic E-state index is 12.1. The molecule has 0 atom stereocenters. The fraction of sp³-hybridized carbons (Fsp3) is 0.125. The van der Waals surface area contributed by atoms with Crippen molar-refractivity contribution in [3.05, 3.63) is 27.8 Å². The number of rotatable bonds is 5. The molecule has 0 heterocycles. The average Bonchev–Trinajstić information content (AvgIpc) is 2.25. The second-order valence-corrected chi connectivity index (χ2v) is 4.69. The van der Waals surface area contributed by atoms with E-state index < -0.39 is 43.5 Å². The van der Waals surface area contributed by atoms with Gasteiger partial charge in [0.2, 0.25) is 10.0 Å². The van der Waals surface area contributed by atoms with Crippen LogP contribution >= 0.6 is 0 Å². The Morgan fingerprint density at radius 2 is 2.00 bits per heavy atom. The molecular weight excluding hydrogens is 290 g/mol. The summed E-state index contributed by atoms with van der Waals surface area (Å²) in [6.07, 6.45) is 0.00335. The molecule has 8 nitrogen and oxygen atoms in total. The minimum Gasteiger partial charge on any atom is -0.433 e. The van der Waals surface area contributed by atoms with Gasteiger partial charge in [0, 0.05) is 6.07 Å². The predicted octanol–water partition coefficient (Wildman–Crippen LogP) is 0.656. The van der Waals surface area contributed by atoms with E-state index in [9.17, 15) is 32.1 Å². The standard InChI is InChI=1S/C8H6F2N2O6S/c9-8(10)18-6-1-4(3-13)5(12(14)15)2-7(6)19(11,16)17/h1-3,8H,(H2,11,16,17). The zero-order chi connectivity index (χ0) is 14.8. The van der Waals surface area contributed by atoms with Gasteiger partial charge < -0.3 is 4.74 Å². The van der Waals surface area contributed by atoms with Crippen molar-refractivity contribution in [1.82, 2.24) is 0 Å². The van der Waals surface area contributed by atoms with Gasteiger partial charge in [-0.3, -0.25) is 14.9 Å². The van der Waals surface area contributed by atoms with E-state index in [1.54, 1.807) is 0 Å². The number of carbonyl (C=O) groups is 1. The molecule has 0 radical (unpaired) electrons. The van der Waals surface area contributed by atoms with E-state index >= 15 is 0 Å². The Kier molecular flexibility index (Phi) is 4.11. The van der Waals surface area contributed by atoms with Gasteiger partial charge in [0.25, 0.3) is 5.69 Å². The molecule has 11 heteroatoms. The summed E-state index contributed by atoms with van der Waals surface area (Å²) < 4.78 is 50.4. The van der Waals surface area contributed by atoms with Gasteiger partial charge in [-0.15, -0.1) is 0 Å². The number of nitrogens with zero attached hydrogens (tertiary/aromatic N) is 1. The van der Waals surface area contributed by atoms with Gasteiger partial charge in [-0.05, 0) is 6.07 Å². The minimum absolute atomic E-state index is 0.00335. The van der Waals surface area contributed by atoms with Gasteiger partial charge in [-0.25, -0.2) is 13.6 Å². The normalized spacial score (nSPS) is 11.4.